The molecule has 120 valence electrons. The van der Waals surface area contributed by atoms with Crippen LogP contribution >= 0.6 is 27.3 Å². The molecule has 0 saturated carbocycles. The number of furan rings is 1. The van der Waals surface area contributed by atoms with Crippen LogP contribution < -0.4 is 5.32 Å². The first-order chi connectivity index (χ1) is 11.1. The highest BCUT2D eigenvalue weighted by Gasteiger charge is 2.18. The predicted molar refractivity (Wildman–Crippen MR) is 95.1 cm³/mol. The highest BCUT2D eigenvalue weighted by atomic mass is 79.9. The normalized spacial score (nSPS) is 11.3. The number of carbonyl (C=O) groups excluding carboxylic acids is 1. The summed E-state index contributed by atoms with van der Waals surface area (Å²) in [5.41, 5.74) is 0.660. The molecule has 2 aromatic heterocycles. The molecule has 0 aliphatic rings. The Kier molecular flexibility index (Phi) is 4.77. The molecule has 0 bridgehead atoms. The Morgan fingerprint density at radius 1 is 1.35 bits per heavy atom. The van der Waals surface area contributed by atoms with Gasteiger partial charge in [-0.2, -0.15) is 0 Å². The number of aromatic nitrogens is 2. The topological polar surface area (TPSA) is 68.0 Å². The Bertz CT molecular complexity index is 839. The monoisotopic (exact) mass is 393 g/mol. The number of amides is 1. The number of rotatable bonds is 5. The highest BCUT2D eigenvalue weighted by Crippen LogP contribution is 2.30. The quantitative estimate of drug-likeness (QED) is 0.646. The largest absolute Gasteiger partial charge is 0.450 e. The number of carbonyl (C=O) groups is 1. The first-order valence-corrected chi connectivity index (χ1v) is 9.06. The molecule has 0 saturated heterocycles. The van der Waals surface area contributed by atoms with Gasteiger partial charge in [-0.3, -0.25) is 10.1 Å². The van der Waals surface area contributed by atoms with E-state index in [1.54, 1.807) is 6.07 Å². The molecule has 0 unspecified atom stereocenters. The Balaban J connectivity index is 1.79. The van der Waals surface area contributed by atoms with Gasteiger partial charge in [0.1, 0.15) is 10.6 Å². The Morgan fingerprint density at radius 3 is 2.83 bits per heavy atom. The number of anilines is 1. The maximum Gasteiger partial charge on any atom is 0.293 e. The third-order valence-electron chi connectivity index (χ3n) is 3.72. The molecule has 3 aromatic rings. The van der Waals surface area contributed by atoms with Crippen LogP contribution in [-0.2, 0) is 0 Å². The highest BCUT2D eigenvalue weighted by molar-refractivity contribution is 9.10. The van der Waals surface area contributed by atoms with Crippen molar-refractivity contribution in [2.24, 2.45) is 0 Å². The molecule has 2 heterocycles. The fraction of sp³-hybridized carbons (Fsp3) is 0.312. The molecule has 23 heavy (non-hydrogen) atoms. The van der Waals surface area contributed by atoms with Gasteiger partial charge in [0.2, 0.25) is 5.13 Å². The number of nitrogens with zero attached hydrogens (tertiary/aromatic N) is 2. The molecule has 1 amide bonds. The van der Waals surface area contributed by atoms with Crippen LogP contribution in [0.1, 0.15) is 48.2 Å². The lowest BCUT2D eigenvalue weighted by molar-refractivity contribution is 0.0998. The number of nitrogens with one attached hydrogen (secondary N) is 1. The Morgan fingerprint density at radius 2 is 2.13 bits per heavy atom. The second-order valence-electron chi connectivity index (χ2n) is 5.18. The van der Waals surface area contributed by atoms with Crippen LogP contribution in [0.3, 0.4) is 0 Å². The SMILES string of the molecule is CCC(CC)c1nnc(NC(=O)c2cc3cccc(Br)c3o2)s1. The summed E-state index contributed by atoms with van der Waals surface area (Å²) in [7, 11) is 0. The second-order valence-corrected chi connectivity index (χ2v) is 7.05. The molecular formula is C16H16BrN3O2S. The van der Waals surface area contributed by atoms with Gasteiger partial charge >= 0.3 is 0 Å². The van der Waals surface area contributed by atoms with Crippen LogP contribution in [0.2, 0.25) is 0 Å². The number of fused-ring (bicyclic) bond motifs is 1. The molecule has 0 aliphatic carbocycles. The van der Waals surface area contributed by atoms with Crippen molar-refractivity contribution in [1.29, 1.82) is 0 Å². The van der Waals surface area contributed by atoms with E-state index >= 15 is 0 Å². The minimum Gasteiger partial charge on any atom is -0.450 e. The first kappa shape index (κ1) is 16.1. The third-order valence-corrected chi connectivity index (χ3v) is 5.34. The van der Waals surface area contributed by atoms with E-state index in [-0.39, 0.29) is 11.7 Å². The van der Waals surface area contributed by atoms with E-state index in [4.69, 9.17) is 4.42 Å². The predicted octanol–water partition coefficient (Wildman–Crippen LogP) is 5.20. The number of benzene rings is 1. The molecule has 0 fully saturated rings. The summed E-state index contributed by atoms with van der Waals surface area (Å²) in [5.74, 6) is 0.326. The van der Waals surface area contributed by atoms with E-state index in [0.29, 0.717) is 16.6 Å². The molecular weight excluding hydrogens is 378 g/mol. The fourth-order valence-electron chi connectivity index (χ4n) is 2.39. The van der Waals surface area contributed by atoms with Gasteiger partial charge in [0.05, 0.1) is 4.47 Å². The van der Waals surface area contributed by atoms with Gasteiger partial charge in [-0.1, -0.05) is 37.3 Å². The molecule has 5 nitrogen and oxygen atoms in total. The van der Waals surface area contributed by atoms with Crippen LogP contribution in [-0.4, -0.2) is 16.1 Å². The van der Waals surface area contributed by atoms with E-state index in [2.05, 4.69) is 45.3 Å². The number of hydrogen-bond donors (Lipinski definition) is 1. The van der Waals surface area contributed by atoms with Crippen LogP contribution in [0, 0.1) is 0 Å². The average Bonchev–Trinajstić information content (AvgIpc) is 3.16. The second kappa shape index (κ2) is 6.80. The van der Waals surface area contributed by atoms with Crippen molar-refractivity contribution in [2.75, 3.05) is 5.32 Å². The smallest absolute Gasteiger partial charge is 0.293 e. The van der Waals surface area contributed by atoms with Crippen molar-refractivity contribution in [1.82, 2.24) is 10.2 Å². The lowest BCUT2D eigenvalue weighted by Gasteiger charge is -2.05. The average molecular weight is 394 g/mol. The summed E-state index contributed by atoms with van der Waals surface area (Å²) in [5, 5.41) is 13.3. The summed E-state index contributed by atoms with van der Waals surface area (Å²) < 4.78 is 6.45. The molecule has 0 radical (unpaired) electrons. The summed E-state index contributed by atoms with van der Waals surface area (Å²) in [6.07, 6.45) is 2.02. The number of para-hydroxylation sites is 1. The van der Waals surface area contributed by atoms with E-state index in [1.165, 1.54) is 11.3 Å². The standard InChI is InChI=1S/C16H16BrN3O2S/c1-3-9(4-2)15-19-20-16(23-15)18-14(21)12-8-10-6-5-7-11(17)13(10)22-12/h5-9H,3-4H2,1-2H3,(H,18,20,21). The molecule has 3 rings (SSSR count). The van der Waals surface area contributed by atoms with Crippen molar-refractivity contribution in [2.45, 2.75) is 32.6 Å². The van der Waals surface area contributed by atoms with Crippen LogP contribution in [0.15, 0.2) is 33.2 Å². The van der Waals surface area contributed by atoms with Crippen LogP contribution in [0.5, 0.6) is 0 Å². The zero-order valence-corrected chi connectivity index (χ0v) is 15.2. The zero-order chi connectivity index (χ0) is 16.4. The third kappa shape index (κ3) is 3.30. The number of hydrogen-bond acceptors (Lipinski definition) is 5. The van der Waals surface area contributed by atoms with E-state index < -0.39 is 0 Å². The van der Waals surface area contributed by atoms with Crippen molar-refractivity contribution in [3.63, 3.8) is 0 Å². The maximum absolute atomic E-state index is 12.3. The minimum absolute atomic E-state index is 0.256. The molecule has 7 heteroatoms. The van der Waals surface area contributed by atoms with Crippen molar-refractivity contribution < 1.29 is 9.21 Å². The molecule has 1 N–H and O–H groups in total. The summed E-state index contributed by atoms with van der Waals surface area (Å²) in [6.45, 7) is 4.25. The van der Waals surface area contributed by atoms with Gasteiger partial charge in [0.25, 0.3) is 5.91 Å². The molecule has 0 spiro atoms. The van der Waals surface area contributed by atoms with Gasteiger partial charge in [-0.05, 0) is 40.9 Å². The van der Waals surface area contributed by atoms with Crippen molar-refractivity contribution in [3.8, 4) is 0 Å². The van der Waals surface area contributed by atoms with Crippen LogP contribution in [0.4, 0.5) is 5.13 Å². The molecule has 0 atom stereocenters. The summed E-state index contributed by atoms with van der Waals surface area (Å²) >= 11 is 4.83. The van der Waals surface area contributed by atoms with Crippen molar-refractivity contribution >= 4 is 49.3 Å². The zero-order valence-electron chi connectivity index (χ0n) is 12.8. The Labute approximate surface area is 146 Å². The summed E-state index contributed by atoms with van der Waals surface area (Å²) in [4.78, 5) is 12.3. The lowest BCUT2D eigenvalue weighted by Crippen LogP contribution is -2.10. The van der Waals surface area contributed by atoms with E-state index in [1.807, 2.05) is 18.2 Å². The van der Waals surface area contributed by atoms with Crippen molar-refractivity contribution in [3.05, 3.63) is 39.5 Å². The van der Waals surface area contributed by atoms with Gasteiger partial charge < -0.3 is 4.42 Å². The maximum atomic E-state index is 12.3. The molecule has 1 aromatic carbocycles. The Hall–Kier alpha value is -1.73. The van der Waals surface area contributed by atoms with Gasteiger partial charge in [-0.25, -0.2) is 0 Å². The lowest BCUT2D eigenvalue weighted by atomic mass is 10.1. The number of halogens is 1. The van der Waals surface area contributed by atoms with Crippen LogP contribution in [0.25, 0.3) is 11.0 Å². The summed E-state index contributed by atoms with van der Waals surface area (Å²) in [6, 6.07) is 7.39. The molecule has 0 aliphatic heterocycles. The van der Waals surface area contributed by atoms with Gasteiger partial charge in [0.15, 0.2) is 5.76 Å². The van der Waals surface area contributed by atoms with Gasteiger partial charge in [0, 0.05) is 11.3 Å². The van der Waals surface area contributed by atoms with E-state index in [0.717, 1.165) is 27.7 Å². The van der Waals surface area contributed by atoms with Gasteiger partial charge in [-0.15, -0.1) is 10.2 Å². The fourth-order valence-corrected chi connectivity index (χ4v) is 3.85. The van der Waals surface area contributed by atoms with E-state index in [9.17, 15) is 4.79 Å². The first-order valence-electron chi connectivity index (χ1n) is 7.45. The minimum atomic E-state index is -0.319.